The van der Waals surface area contributed by atoms with Crippen LogP contribution in [0.5, 0.6) is 0 Å². The first kappa shape index (κ1) is 23.8. The summed E-state index contributed by atoms with van der Waals surface area (Å²) in [5, 5.41) is 9.13. The molecule has 0 aromatic rings. The lowest BCUT2D eigenvalue weighted by molar-refractivity contribution is -0.133. The van der Waals surface area contributed by atoms with E-state index in [-0.39, 0.29) is 13.3 Å². The molecule has 0 bridgehead atoms. The van der Waals surface area contributed by atoms with Crippen LogP contribution in [0.25, 0.3) is 0 Å². The van der Waals surface area contributed by atoms with Crippen LogP contribution in [0.2, 0.25) is 0 Å². The van der Waals surface area contributed by atoms with Gasteiger partial charge < -0.3 is 5.11 Å². The van der Waals surface area contributed by atoms with Gasteiger partial charge in [-0.2, -0.15) is 0 Å². The van der Waals surface area contributed by atoms with Gasteiger partial charge in [0.1, 0.15) is 0 Å². The van der Waals surface area contributed by atoms with Gasteiger partial charge in [-0.05, 0) is 55.3 Å². The van der Waals surface area contributed by atoms with Gasteiger partial charge in [-0.15, -0.1) is 12.8 Å². The van der Waals surface area contributed by atoms with Crippen molar-refractivity contribution in [3.63, 3.8) is 0 Å². The molecular weight excluding hydrogens is 284 g/mol. The molecule has 2 saturated carbocycles. The summed E-state index contributed by atoms with van der Waals surface area (Å²) in [6.07, 6.45) is 12.1. The number of carbonyl (C=O) groups is 1. The molecule has 2 aliphatic rings. The van der Waals surface area contributed by atoms with Gasteiger partial charge in [0, 0.05) is 5.57 Å². The lowest BCUT2D eigenvalue weighted by Crippen LogP contribution is -2.19. The molecule has 0 heterocycles. The molecule has 1 N–H and O–H groups in total. The van der Waals surface area contributed by atoms with E-state index in [0.717, 1.165) is 19.3 Å². The molecule has 2 nitrogen and oxygen atoms in total. The zero-order valence-electron chi connectivity index (χ0n) is 14.6. The summed E-state index contributed by atoms with van der Waals surface area (Å²) in [5.74, 6) is 1.91. The Bertz CT molecular complexity index is 419. The van der Waals surface area contributed by atoms with Gasteiger partial charge in [0.25, 0.3) is 0 Å². The Morgan fingerprint density at radius 1 is 1.17 bits per heavy atom. The van der Waals surface area contributed by atoms with E-state index in [2.05, 4.69) is 39.9 Å². The lowest BCUT2D eigenvalue weighted by atomic mass is 9.79. The highest BCUT2D eigenvalue weighted by Gasteiger charge is 2.43. The van der Waals surface area contributed by atoms with Crippen LogP contribution in [0.15, 0.2) is 24.3 Å². The van der Waals surface area contributed by atoms with Crippen molar-refractivity contribution in [1.82, 2.24) is 0 Å². The summed E-state index contributed by atoms with van der Waals surface area (Å²) in [6.45, 7) is 16.7. The molecule has 0 amide bonds. The lowest BCUT2D eigenvalue weighted by Gasteiger charge is -2.25. The first-order valence-electron chi connectivity index (χ1n) is 8.35. The van der Waals surface area contributed by atoms with Crippen molar-refractivity contribution in [1.29, 1.82) is 0 Å². The molecule has 4 unspecified atom stereocenters. The molecule has 0 aromatic carbocycles. The Morgan fingerprint density at radius 2 is 1.70 bits per heavy atom. The summed E-state index contributed by atoms with van der Waals surface area (Å²) < 4.78 is 0. The fraction of sp³-hybridized carbons (Fsp3) is 0.667. The van der Waals surface area contributed by atoms with E-state index in [1.54, 1.807) is 0 Å². The van der Waals surface area contributed by atoms with Gasteiger partial charge in [-0.25, -0.2) is 4.79 Å². The van der Waals surface area contributed by atoms with E-state index in [9.17, 15) is 4.79 Å². The van der Waals surface area contributed by atoms with E-state index in [1.807, 2.05) is 13.8 Å². The average Bonchev–Trinajstić information content (AvgIpc) is 2.69. The topological polar surface area (TPSA) is 37.3 Å². The number of allylic oxidation sites excluding steroid dienone is 1. The summed E-state index contributed by atoms with van der Waals surface area (Å²) in [4.78, 5) is 11.1. The quantitative estimate of drug-likeness (QED) is 0.396. The third-order valence-corrected chi connectivity index (χ3v) is 5.16. The molecule has 2 heteroatoms. The van der Waals surface area contributed by atoms with E-state index in [0.29, 0.717) is 29.2 Å². The van der Waals surface area contributed by atoms with Crippen LogP contribution in [-0.2, 0) is 4.79 Å². The normalized spacial score (nSPS) is 31.7. The van der Waals surface area contributed by atoms with Gasteiger partial charge in [-0.1, -0.05) is 53.9 Å². The van der Waals surface area contributed by atoms with Crippen molar-refractivity contribution >= 4 is 5.97 Å². The average molecular weight is 321 g/mol. The van der Waals surface area contributed by atoms with Crippen LogP contribution in [-0.4, -0.2) is 11.1 Å². The third-order valence-electron chi connectivity index (χ3n) is 5.16. The van der Waals surface area contributed by atoms with Gasteiger partial charge in [0.2, 0.25) is 0 Å². The van der Waals surface area contributed by atoms with Crippen molar-refractivity contribution in [3.8, 4) is 12.8 Å². The molecule has 2 fully saturated rings. The molecule has 0 radical (unpaired) electrons. The maximum Gasteiger partial charge on any atom is 0.331 e. The molecule has 2 rings (SSSR count). The fourth-order valence-corrected chi connectivity index (χ4v) is 4.23. The molecule has 132 valence electrons. The van der Waals surface area contributed by atoms with Crippen LogP contribution >= 0.6 is 0 Å². The second-order valence-corrected chi connectivity index (χ2v) is 6.34. The molecular formula is C21H36O2. The van der Waals surface area contributed by atoms with Gasteiger partial charge in [-0.3, -0.25) is 0 Å². The van der Waals surface area contributed by atoms with Crippen molar-refractivity contribution in [2.24, 2.45) is 29.6 Å². The van der Waals surface area contributed by atoms with Crippen molar-refractivity contribution in [3.05, 3.63) is 24.3 Å². The zero-order chi connectivity index (χ0) is 17.4. The Morgan fingerprint density at radius 3 is 2.17 bits per heavy atom. The summed E-state index contributed by atoms with van der Waals surface area (Å²) in [7, 11) is 0. The number of carboxylic acid groups (broad SMARTS) is 1. The predicted molar refractivity (Wildman–Crippen MR) is 101 cm³/mol. The number of fused-ring (bicyclic) bond motifs is 1. The smallest absolute Gasteiger partial charge is 0.331 e. The fourth-order valence-electron chi connectivity index (χ4n) is 4.23. The molecule has 5 atom stereocenters. The monoisotopic (exact) mass is 320 g/mol. The number of carboxylic acids is 1. The maximum atomic E-state index is 11.1. The van der Waals surface area contributed by atoms with Gasteiger partial charge in [0.05, 0.1) is 0 Å². The first-order chi connectivity index (χ1) is 10.4. The van der Waals surface area contributed by atoms with E-state index >= 15 is 0 Å². The van der Waals surface area contributed by atoms with Crippen molar-refractivity contribution in [2.45, 2.75) is 60.8 Å². The Labute approximate surface area is 144 Å². The number of hydrogen-bond acceptors (Lipinski definition) is 1. The summed E-state index contributed by atoms with van der Waals surface area (Å²) in [5.41, 5.74) is 1.74. The molecule has 0 aliphatic heterocycles. The van der Waals surface area contributed by atoms with Crippen LogP contribution in [0, 0.1) is 42.4 Å². The van der Waals surface area contributed by atoms with E-state index < -0.39 is 5.97 Å². The van der Waals surface area contributed by atoms with Crippen LogP contribution in [0.4, 0.5) is 0 Å². The standard InChI is InChI=1S/C16H24O2.C2H6.C2H2.CH4/c1-9-5-6-13(12(4)16(17)18)8-14-10(2)7-11(3)15(9)14;2*1-2;/h10-11,13-15H,1,4-8H2,2-3H3,(H,17,18);1-2H3;1-2H;1H4/t10?,11?,13?,14?,15-;;;/m0.../s1. The van der Waals surface area contributed by atoms with Gasteiger partial charge >= 0.3 is 5.97 Å². The predicted octanol–water partition coefficient (Wildman–Crippen LogP) is 5.80. The minimum atomic E-state index is -0.831. The molecule has 0 spiro atoms. The summed E-state index contributed by atoms with van der Waals surface area (Å²) >= 11 is 0. The third kappa shape index (κ3) is 5.57. The number of hydrogen-bond donors (Lipinski definition) is 1. The highest BCUT2D eigenvalue weighted by molar-refractivity contribution is 5.86. The minimum absolute atomic E-state index is 0. The van der Waals surface area contributed by atoms with Crippen LogP contribution < -0.4 is 0 Å². The second-order valence-electron chi connectivity index (χ2n) is 6.34. The minimum Gasteiger partial charge on any atom is -0.478 e. The molecule has 0 saturated heterocycles. The second kappa shape index (κ2) is 11.1. The SMILES string of the molecule is C.C#C.C=C(C(=O)O)C1CCC(=C)[C@H]2C(C)CC(C)C2C1.CC. The Balaban J connectivity index is 0. The molecule has 0 aromatic heterocycles. The molecule has 2 aliphatic carbocycles. The van der Waals surface area contributed by atoms with Crippen molar-refractivity contribution < 1.29 is 9.90 Å². The Hall–Kier alpha value is -1.49. The zero-order valence-corrected chi connectivity index (χ0v) is 14.6. The maximum absolute atomic E-state index is 11.1. The number of aliphatic carboxylic acids is 1. The van der Waals surface area contributed by atoms with E-state index in [1.165, 1.54) is 12.0 Å². The number of rotatable bonds is 2. The number of terminal acetylenes is 1. The van der Waals surface area contributed by atoms with Crippen molar-refractivity contribution in [2.75, 3.05) is 0 Å². The summed E-state index contributed by atoms with van der Waals surface area (Å²) in [6, 6.07) is 0. The molecule has 23 heavy (non-hydrogen) atoms. The largest absolute Gasteiger partial charge is 0.478 e. The van der Waals surface area contributed by atoms with Crippen LogP contribution in [0.1, 0.15) is 60.8 Å². The highest BCUT2D eigenvalue weighted by Crippen LogP contribution is 2.51. The Kier molecular flexibility index (Phi) is 11.5. The highest BCUT2D eigenvalue weighted by atomic mass is 16.4. The van der Waals surface area contributed by atoms with Gasteiger partial charge in [0.15, 0.2) is 0 Å². The first-order valence-corrected chi connectivity index (χ1v) is 8.35. The van der Waals surface area contributed by atoms with Crippen LogP contribution in [0.3, 0.4) is 0 Å². The van der Waals surface area contributed by atoms with E-state index in [4.69, 9.17) is 5.11 Å².